The maximum Gasteiger partial charge on any atom is 0.125 e. The number of hydrogen-bond acceptors (Lipinski definition) is 3. The topological polar surface area (TPSA) is 49.7 Å². The van der Waals surface area contributed by atoms with Crippen molar-refractivity contribution in [3.63, 3.8) is 0 Å². The van der Waals surface area contributed by atoms with Gasteiger partial charge in [0, 0.05) is 5.56 Å². The molecular weight excluding hydrogens is 216 g/mol. The summed E-state index contributed by atoms with van der Waals surface area (Å²) in [6, 6.07) is 7.36. The Bertz CT molecular complexity index is 343. The molecule has 0 saturated carbocycles. The molecule has 0 aliphatic carbocycles. The second kappa shape index (κ2) is 6.03. The van der Waals surface area contributed by atoms with Gasteiger partial charge in [-0.15, -0.1) is 0 Å². The van der Waals surface area contributed by atoms with Crippen LogP contribution < -0.4 is 4.74 Å². The number of para-hydroxylation sites is 1. The molecule has 0 saturated heterocycles. The fraction of sp³-hybridized carbons (Fsp3) is 0.571. The monoisotopic (exact) mass is 238 g/mol. The van der Waals surface area contributed by atoms with Crippen LogP contribution in [0.4, 0.5) is 0 Å². The fourth-order valence-corrected chi connectivity index (χ4v) is 1.62. The Morgan fingerprint density at radius 3 is 2.35 bits per heavy atom. The number of aliphatic hydroxyl groups is 2. The zero-order valence-corrected chi connectivity index (χ0v) is 10.8. The molecule has 0 bridgehead atoms. The molecule has 0 aliphatic rings. The maximum atomic E-state index is 10.1. The summed E-state index contributed by atoms with van der Waals surface area (Å²) < 4.78 is 5.64. The molecule has 1 aromatic carbocycles. The Balaban J connectivity index is 2.75. The smallest absolute Gasteiger partial charge is 0.125 e. The molecule has 0 fully saturated rings. The van der Waals surface area contributed by atoms with Crippen LogP contribution in [0.1, 0.15) is 45.3 Å². The number of benzene rings is 1. The number of hydrogen-bond donors (Lipinski definition) is 2. The molecule has 3 heteroatoms. The second-order valence-corrected chi connectivity index (χ2v) is 4.43. The molecule has 1 atom stereocenters. The van der Waals surface area contributed by atoms with Crippen molar-refractivity contribution in [3.8, 4) is 5.75 Å². The van der Waals surface area contributed by atoms with Gasteiger partial charge in [0.05, 0.1) is 11.7 Å². The van der Waals surface area contributed by atoms with E-state index in [9.17, 15) is 10.2 Å². The van der Waals surface area contributed by atoms with E-state index < -0.39 is 11.7 Å². The highest BCUT2D eigenvalue weighted by molar-refractivity contribution is 5.34. The predicted octanol–water partition coefficient (Wildman–Crippen LogP) is 2.67. The van der Waals surface area contributed by atoms with Gasteiger partial charge >= 0.3 is 0 Å². The van der Waals surface area contributed by atoms with Crippen LogP contribution in [-0.2, 0) is 0 Å². The molecule has 96 valence electrons. The van der Waals surface area contributed by atoms with Crippen molar-refractivity contribution in [1.29, 1.82) is 0 Å². The minimum atomic E-state index is -0.786. The Hall–Kier alpha value is -1.06. The van der Waals surface area contributed by atoms with Gasteiger partial charge in [-0.2, -0.15) is 0 Å². The minimum Gasteiger partial charge on any atom is -0.490 e. The molecule has 2 N–H and O–H groups in total. The van der Waals surface area contributed by atoms with Gasteiger partial charge in [0.15, 0.2) is 0 Å². The van der Waals surface area contributed by atoms with E-state index in [0.29, 0.717) is 18.6 Å². The highest BCUT2D eigenvalue weighted by Gasteiger charge is 2.23. The molecule has 0 heterocycles. The average molecular weight is 238 g/mol. The molecule has 0 amide bonds. The molecule has 1 aromatic rings. The van der Waals surface area contributed by atoms with Crippen LogP contribution in [0.3, 0.4) is 0 Å². The van der Waals surface area contributed by atoms with Crippen LogP contribution >= 0.6 is 0 Å². The molecule has 0 aromatic heterocycles. The standard InChI is InChI=1S/C14H22O3/c1-4-14(16,5-2)10-17-13-9-7-6-8-12(13)11(3)15/h6-9,11,15-16H,4-5,10H2,1-3H3/t11-/m0/s1. The van der Waals surface area contributed by atoms with E-state index in [1.54, 1.807) is 6.92 Å². The zero-order valence-electron chi connectivity index (χ0n) is 10.8. The van der Waals surface area contributed by atoms with Gasteiger partial charge in [-0.1, -0.05) is 32.0 Å². The van der Waals surface area contributed by atoms with E-state index in [1.165, 1.54) is 0 Å². The van der Waals surface area contributed by atoms with Crippen LogP contribution in [-0.4, -0.2) is 22.4 Å². The van der Waals surface area contributed by atoms with Crippen molar-refractivity contribution in [2.45, 2.75) is 45.3 Å². The minimum absolute atomic E-state index is 0.254. The van der Waals surface area contributed by atoms with Crippen LogP contribution in [0, 0.1) is 0 Å². The zero-order chi connectivity index (χ0) is 12.9. The first-order chi connectivity index (χ1) is 8.02. The molecular formula is C14H22O3. The van der Waals surface area contributed by atoms with Crippen molar-refractivity contribution >= 4 is 0 Å². The Kier molecular flexibility index (Phi) is 4.97. The van der Waals surface area contributed by atoms with Gasteiger partial charge in [-0.05, 0) is 25.8 Å². The highest BCUT2D eigenvalue weighted by Crippen LogP contribution is 2.26. The van der Waals surface area contributed by atoms with Gasteiger partial charge in [0.25, 0.3) is 0 Å². The fourth-order valence-electron chi connectivity index (χ4n) is 1.62. The molecule has 0 spiro atoms. The van der Waals surface area contributed by atoms with Gasteiger partial charge in [-0.25, -0.2) is 0 Å². The number of aliphatic hydroxyl groups excluding tert-OH is 1. The summed E-state index contributed by atoms with van der Waals surface area (Å²) in [7, 11) is 0. The maximum absolute atomic E-state index is 10.1. The predicted molar refractivity (Wildman–Crippen MR) is 68.1 cm³/mol. The van der Waals surface area contributed by atoms with Gasteiger partial charge in [0.2, 0.25) is 0 Å². The third kappa shape index (κ3) is 3.72. The molecule has 0 unspecified atom stereocenters. The summed E-state index contributed by atoms with van der Waals surface area (Å²) in [6.45, 7) is 5.83. The second-order valence-electron chi connectivity index (χ2n) is 4.43. The molecule has 3 nitrogen and oxygen atoms in total. The molecule has 17 heavy (non-hydrogen) atoms. The SMILES string of the molecule is CCC(O)(CC)COc1ccccc1[C@H](C)O. The molecule has 0 aliphatic heterocycles. The van der Waals surface area contributed by atoms with Crippen molar-refractivity contribution < 1.29 is 14.9 Å². The van der Waals surface area contributed by atoms with Crippen molar-refractivity contribution in [2.75, 3.05) is 6.61 Å². The lowest BCUT2D eigenvalue weighted by atomic mass is 9.99. The van der Waals surface area contributed by atoms with Crippen LogP contribution in [0.25, 0.3) is 0 Å². The summed E-state index contributed by atoms with van der Waals surface area (Å²) in [5.41, 5.74) is -0.0340. The lowest BCUT2D eigenvalue weighted by Gasteiger charge is -2.26. The van der Waals surface area contributed by atoms with E-state index in [-0.39, 0.29) is 6.61 Å². The van der Waals surface area contributed by atoms with Crippen LogP contribution in [0.2, 0.25) is 0 Å². The molecule has 1 rings (SSSR count). The third-order valence-corrected chi connectivity index (χ3v) is 3.18. The van der Waals surface area contributed by atoms with Gasteiger partial charge < -0.3 is 14.9 Å². The van der Waals surface area contributed by atoms with Gasteiger partial charge in [-0.3, -0.25) is 0 Å². The number of ether oxygens (including phenoxy) is 1. The normalized spacial score (nSPS) is 13.5. The van der Waals surface area contributed by atoms with Crippen molar-refractivity contribution in [2.24, 2.45) is 0 Å². The quantitative estimate of drug-likeness (QED) is 0.801. The first-order valence-corrected chi connectivity index (χ1v) is 6.14. The first kappa shape index (κ1) is 14.0. The van der Waals surface area contributed by atoms with E-state index in [1.807, 2.05) is 38.1 Å². The number of rotatable bonds is 6. The summed E-state index contributed by atoms with van der Waals surface area (Å²) in [4.78, 5) is 0. The van der Waals surface area contributed by atoms with Gasteiger partial charge in [0.1, 0.15) is 12.4 Å². The van der Waals surface area contributed by atoms with Crippen LogP contribution in [0.15, 0.2) is 24.3 Å². The summed E-state index contributed by atoms with van der Waals surface area (Å²) >= 11 is 0. The van der Waals surface area contributed by atoms with E-state index in [4.69, 9.17) is 4.74 Å². The third-order valence-electron chi connectivity index (χ3n) is 3.18. The highest BCUT2D eigenvalue weighted by atomic mass is 16.5. The Labute approximate surface area is 103 Å². The first-order valence-electron chi connectivity index (χ1n) is 6.14. The Morgan fingerprint density at radius 1 is 1.24 bits per heavy atom. The lowest BCUT2D eigenvalue weighted by molar-refractivity contribution is -0.0121. The molecule has 0 radical (unpaired) electrons. The summed E-state index contributed by atoms with van der Waals surface area (Å²) in [5.74, 6) is 0.642. The van der Waals surface area contributed by atoms with Crippen LogP contribution in [0.5, 0.6) is 5.75 Å². The Morgan fingerprint density at radius 2 is 1.82 bits per heavy atom. The van der Waals surface area contributed by atoms with E-state index in [0.717, 1.165) is 5.56 Å². The largest absolute Gasteiger partial charge is 0.490 e. The van der Waals surface area contributed by atoms with E-state index >= 15 is 0 Å². The lowest BCUT2D eigenvalue weighted by Crippen LogP contribution is -2.34. The van der Waals surface area contributed by atoms with Crippen molar-refractivity contribution in [1.82, 2.24) is 0 Å². The summed E-state index contributed by atoms with van der Waals surface area (Å²) in [5, 5.41) is 19.7. The summed E-state index contributed by atoms with van der Waals surface area (Å²) in [6.07, 6.45) is 0.739. The van der Waals surface area contributed by atoms with Crippen molar-refractivity contribution in [3.05, 3.63) is 29.8 Å². The average Bonchev–Trinajstić information content (AvgIpc) is 2.36. The van der Waals surface area contributed by atoms with E-state index in [2.05, 4.69) is 0 Å².